The molecule has 0 spiro atoms. The Morgan fingerprint density at radius 1 is 1.53 bits per heavy atom. The predicted molar refractivity (Wildman–Crippen MR) is 68.8 cm³/mol. The maximum absolute atomic E-state index is 11.9. The first-order chi connectivity index (χ1) is 8.17. The molecule has 4 heteroatoms. The van der Waals surface area contributed by atoms with Gasteiger partial charge in [0, 0.05) is 25.0 Å². The number of hydrogen-bond acceptors (Lipinski definition) is 3. The van der Waals surface area contributed by atoms with Crippen molar-refractivity contribution in [2.24, 2.45) is 5.73 Å². The van der Waals surface area contributed by atoms with E-state index in [4.69, 9.17) is 5.73 Å². The van der Waals surface area contributed by atoms with E-state index in [0.29, 0.717) is 12.1 Å². The third kappa shape index (κ3) is 4.53. The average Bonchev–Trinajstić information content (AvgIpc) is 2.34. The van der Waals surface area contributed by atoms with Crippen LogP contribution in [0.1, 0.15) is 42.1 Å². The number of hydrogen-bond donors (Lipinski definition) is 2. The third-order valence-electron chi connectivity index (χ3n) is 2.66. The molecule has 4 nitrogen and oxygen atoms in total. The van der Waals surface area contributed by atoms with E-state index in [1.54, 1.807) is 12.4 Å². The fourth-order valence-electron chi connectivity index (χ4n) is 1.65. The molecule has 1 aromatic rings. The lowest BCUT2D eigenvalue weighted by molar-refractivity contribution is 0.0935. The summed E-state index contributed by atoms with van der Waals surface area (Å²) < 4.78 is 0. The Labute approximate surface area is 103 Å². The zero-order valence-electron chi connectivity index (χ0n) is 10.6. The summed E-state index contributed by atoms with van der Waals surface area (Å²) in [6, 6.07) is 1.89. The fraction of sp³-hybridized carbons (Fsp3) is 0.538. The Hall–Kier alpha value is -1.42. The van der Waals surface area contributed by atoms with Gasteiger partial charge in [-0.1, -0.05) is 19.8 Å². The van der Waals surface area contributed by atoms with Gasteiger partial charge in [-0.25, -0.2) is 0 Å². The van der Waals surface area contributed by atoms with Crippen LogP contribution in [0.25, 0.3) is 0 Å². The van der Waals surface area contributed by atoms with Crippen molar-refractivity contribution in [1.29, 1.82) is 0 Å². The fourth-order valence-corrected chi connectivity index (χ4v) is 1.65. The van der Waals surface area contributed by atoms with E-state index in [2.05, 4.69) is 17.2 Å². The van der Waals surface area contributed by atoms with Gasteiger partial charge in [-0.3, -0.25) is 9.78 Å². The van der Waals surface area contributed by atoms with Gasteiger partial charge in [-0.2, -0.15) is 0 Å². The lowest BCUT2D eigenvalue weighted by Gasteiger charge is -2.16. The second kappa shape index (κ2) is 7.01. The number of aryl methyl sites for hydroxylation is 1. The van der Waals surface area contributed by atoms with Crippen molar-refractivity contribution in [3.8, 4) is 0 Å². The minimum absolute atomic E-state index is 0.0583. The van der Waals surface area contributed by atoms with Crippen LogP contribution in [0, 0.1) is 6.92 Å². The van der Waals surface area contributed by atoms with Gasteiger partial charge in [-0.15, -0.1) is 0 Å². The van der Waals surface area contributed by atoms with Crippen molar-refractivity contribution in [2.45, 2.75) is 39.2 Å². The van der Waals surface area contributed by atoms with Crippen LogP contribution < -0.4 is 11.1 Å². The second-order valence-electron chi connectivity index (χ2n) is 4.30. The standard InChI is InChI=1S/C13H21N3O/c1-3-4-5-12(7-14)16-13(17)11-6-10(2)8-15-9-11/h6,8-9,12H,3-5,7,14H2,1-2H3,(H,16,17). The van der Waals surface area contributed by atoms with Crippen LogP contribution in [-0.4, -0.2) is 23.5 Å². The van der Waals surface area contributed by atoms with Crippen molar-refractivity contribution >= 4 is 5.91 Å². The first kappa shape index (κ1) is 13.6. The van der Waals surface area contributed by atoms with Crippen molar-refractivity contribution in [3.63, 3.8) is 0 Å². The van der Waals surface area contributed by atoms with Crippen molar-refractivity contribution in [3.05, 3.63) is 29.6 Å². The SMILES string of the molecule is CCCCC(CN)NC(=O)c1cncc(C)c1. The summed E-state index contributed by atoms with van der Waals surface area (Å²) in [5.74, 6) is -0.0900. The maximum Gasteiger partial charge on any atom is 0.253 e. The van der Waals surface area contributed by atoms with E-state index < -0.39 is 0 Å². The van der Waals surface area contributed by atoms with E-state index in [1.807, 2.05) is 13.0 Å². The molecule has 0 aliphatic heterocycles. The molecule has 0 radical (unpaired) electrons. The molecule has 1 amide bonds. The molecule has 0 aromatic carbocycles. The van der Waals surface area contributed by atoms with E-state index >= 15 is 0 Å². The molecule has 0 aliphatic carbocycles. The van der Waals surface area contributed by atoms with Crippen LogP contribution in [-0.2, 0) is 0 Å². The molecule has 94 valence electrons. The van der Waals surface area contributed by atoms with Gasteiger partial charge >= 0.3 is 0 Å². The quantitative estimate of drug-likeness (QED) is 0.787. The molecule has 0 fully saturated rings. The van der Waals surface area contributed by atoms with Gasteiger partial charge in [0.05, 0.1) is 5.56 Å². The molecule has 1 aromatic heterocycles. The molecule has 1 atom stereocenters. The largest absolute Gasteiger partial charge is 0.348 e. The van der Waals surface area contributed by atoms with Crippen LogP contribution in [0.5, 0.6) is 0 Å². The van der Waals surface area contributed by atoms with Crippen LogP contribution in [0.2, 0.25) is 0 Å². The second-order valence-corrected chi connectivity index (χ2v) is 4.30. The highest BCUT2D eigenvalue weighted by Crippen LogP contribution is 2.04. The van der Waals surface area contributed by atoms with Gasteiger partial charge in [-0.05, 0) is 25.0 Å². The van der Waals surface area contributed by atoms with Gasteiger partial charge in [0.1, 0.15) is 0 Å². The lowest BCUT2D eigenvalue weighted by Crippen LogP contribution is -2.40. The number of carbonyl (C=O) groups is 1. The zero-order chi connectivity index (χ0) is 12.7. The minimum atomic E-state index is -0.0900. The van der Waals surface area contributed by atoms with E-state index in [-0.39, 0.29) is 11.9 Å². The van der Waals surface area contributed by atoms with Crippen molar-refractivity contribution < 1.29 is 4.79 Å². The van der Waals surface area contributed by atoms with E-state index in [9.17, 15) is 4.79 Å². The highest BCUT2D eigenvalue weighted by Gasteiger charge is 2.12. The van der Waals surface area contributed by atoms with Crippen LogP contribution >= 0.6 is 0 Å². The molecule has 3 N–H and O–H groups in total. The lowest BCUT2D eigenvalue weighted by atomic mass is 10.1. The summed E-state index contributed by atoms with van der Waals surface area (Å²) in [5.41, 5.74) is 7.22. The Bertz CT molecular complexity index is 365. The van der Waals surface area contributed by atoms with Crippen LogP contribution in [0.4, 0.5) is 0 Å². The van der Waals surface area contributed by atoms with Gasteiger partial charge in [0.2, 0.25) is 0 Å². The molecule has 0 saturated heterocycles. The number of nitrogens with one attached hydrogen (secondary N) is 1. The van der Waals surface area contributed by atoms with Crippen molar-refractivity contribution in [2.75, 3.05) is 6.54 Å². The summed E-state index contributed by atoms with van der Waals surface area (Å²) in [7, 11) is 0. The number of pyridine rings is 1. The topological polar surface area (TPSA) is 68.0 Å². The molecule has 1 rings (SSSR count). The van der Waals surface area contributed by atoms with E-state index in [1.165, 1.54) is 0 Å². The third-order valence-corrected chi connectivity index (χ3v) is 2.66. The molecule has 17 heavy (non-hydrogen) atoms. The number of nitrogens with two attached hydrogens (primary N) is 1. The number of rotatable bonds is 6. The Balaban J connectivity index is 2.58. The highest BCUT2D eigenvalue weighted by molar-refractivity contribution is 5.94. The number of unbranched alkanes of at least 4 members (excludes halogenated alkanes) is 1. The smallest absolute Gasteiger partial charge is 0.253 e. The Kier molecular flexibility index (Phi) is 5.63. The minimum Gasteiger partial charge on any atom is -0.348 e. The molecular weight excluding hydrogens is 214 g/mol. The molecule has 1 heterocycles. The van der Waals surface area contributed by atoms with Gasteiger partial charge in [0.15, 0.2) is 0 Å². The van der Waals surface area contributed by atoms with Gasteiger partial charge in [0.25, 0.3) is 5.91 Å². The number of aromatic nitrogens is 1. The maximum atomic E-state index is 11.9. The molecule has 0 bridgehead atoms. The normalized spacial score (nSPS) is 12.2. The van der Waals surface area contributed by atoms with Crippen LogP contribution in [0.15, 0.2) is 18.5 Å². The number of nitrogens with zero attached hydrogens (tertiary/aromatic N) is 1. The Morgan fingerprint density at radius 3 is 2.88 bits per heavy atom. The predicted octanol–water partition coefficient (Wildman–Crippen LogP) is 1.64. The zero-order valence-corrected chi connectivity index (χ0v) is 10.6. The average molecular weight is 235 g/mol. The van der Waals surface area contributed by atoms with Crippen molar-refractivity contribution in [1.82, 2.24) is 10.3 Å². The van der Waals surface area contributed by atoms with Gasteiger partial charge < -0.3 is 11.1 Å². The summed E-state index contributed by atoms with van der Waals surface area (Å²) in [6.07, 6.45) is 6.43. The summed E-state index contributed by atoms with van der Waals surface area (Å²) in [4.78, 5) is 15.9. The molecule has 0 aliphatic rings. The molecule has 0 saturated carbocycles. The first-order valence-corrected chi connectivity index (χ1v) is 6.10. The Morgan fingerprint density at radius 2 is 2.29 bits per heavy atom. The molecular formula is C13H21N3O. The summed E-state index contributed by atoms with van der Waals surface area (Å²) >= 11 is 0. The molecule has 1 unspecified atom stereocenters. The monoisotopic (exact) mass is 235 g/mol. The summed E-state index contributed by atoms with van der Waals surface area (Å²) in [6.45, 7) is 4.52. The first-order valence-electron chi connectivity index (χ1n) is 6.10. The number of amides is 1. The number of carbonyl (C=O) groups excluding carboxylic acids is 1. The summed E-state index contributed by atoms with van der Waals surface area (Å²) in [5, 5.41) is 2.94. The highest BCUT2D eigenvalue weighted by atomic mass is 16.1. The van der Waals surface area contributed by atoms with Crippen LogP contribution in [0.3, 0.4) is 0 Å². The van der Waals surface area contributed by atoms with E-state index in [0.717, 1.165) is 24.8 Å².